The number of benzene rings is 1. The van der Waals surface area contributed by atoms with E-state index in [4.69, 9.17) is 14.2 Å². The van der Waals surface area contributed by atoms with E-state index in [1.54, 1.807) is 0 Å². The molecule has 4 nitrogen and oxygen atoms in total. The van der Waals surface area contributed by atoms with Gasteiger partial charge in [0, 0.05) is 6.07 Å². The third-order valence-corrected chi connectivity index (χ3v) is 5.25. The fraction of sp³-hybridized carbons (Fsp3) is 0.708. The molecule has 0 spiro atoms. The highest BCUT2D eigenvalue weighted by Crippen LogP contribution is 2.32. The van der Waals surface area contributed by atoms with Gasteiger partial charge in [0.15, 0.2) is 0 Å². The van der Waals surface area contributed by atoms with Crippen LogP contribution in [-0.4, -0.2) is 25.3 Å². The molecule has 1 heterocycles. The van der Waals surface area contributed by atoms with Crippen molar-refractivity contribution < 1.29 is 19.0 Å². The number of carbonyl (C=O) groups is 1. The topological polar surface area (TPSA) is 44.8 Å². The van der Waals surface area contributed by atoms with Crippen LogP contribution in [0.2, 0.25) is 0 Å². The van der Waals surface area contributed by atoms with Crippen LogP contribution in [0.1, 0.15) is 101 Å². The summed E-state index contributed by atoms with van der Waals surface area (Å²) in [6.45, 7) is 7.56. The van der Waals surface area contributed by atoms with E-state index < -0.39 is 0 Å². The van der Waals surface area contributed by atoms with Gasteiger partial charge < -0.3 is 14.2 Å². The first kappa shape index (κ1) is 22.6. The minimum atomic E-state index is -0.255. The van der Waals surface area contributed by atoms with E-state index in [0.29, 0.717) is 24.5 Å². The second-order valence-electron chi connectivity index (χ2n) is 7.88. The Kier molecular flexibility index (Phi) is 10.2. The van der Waals surface area contributed by atoms with Crippen LogP contribution in [0.3, 0.4) is 0 Å². The molecule has 0 bridgehead atoms. The molecule has 28 heavy (non-hydrogen) atoms. The average Bonchev–Trinajstić information content (AvgIpc) is 2.66. The molecule has 1 atom stereocenters. The Balaban J connectivity index is 2.33. The summed E-state index contributed by atoms with van der Waals surface area (Å²) in [6, 6.07) is 3.90. The molecule has 0 saturated carbocycles. The predicted octanol–water partition coefficient (Wildman–Crippen LogP) is 6.49. The summed E-state index contributed by atoms with van der Waals surface area (Å²) in [7, 11) is 0. The Bertz CT molecular complexity index is 579. The third-order valence-electron chi connectivity index (χ3n) is 5.25. The zero-order valence-electron chi connectivity index (χ0n) is 18.1. The van der Waals surface area contributed by atoms with E-state index in [0.717, 1.165) is 62.7 Å². The summed E-state index contributed by atoms with van der Waals surface area (Å²) in [5, 5.41) is 0. The maximum Gasteiger partial charge on any atom is 0.342 e. The van der Waals surface area contributed by atoms with Crippen molar-refractivity contribution in [3.05, 3.63) is 23.3 Å². The van der Waals surface area contributed by atoms with Gasteiger partial charge in [-0.05, 0) is 57.1 Å². The third kappa shape index (κ3) is 7.37. The molecular weight excluding hydrogens is 352 g/mol. The second-order valence-corrected chi connectivity index (χ2v) is 7.88. The first-order valence-electron chi connectivity index (χ1n) is 11.3. The van der Waals surface area contributed by atoms with Crippen molar-refractivity contribution in [3.8, 4) is 11.5 Å². The fourth-order valence-electron chi connectivity index (χ4n) is 3.51. The van der Waals surface area contributed by atoms with E-state index in [9.17, 15) is 4.79 Å². The van der Waals surface area contributed by atoms with Crippen molar-refractivity contribution in [2.24, 2.45) is 0 Å². The van der Waals surface area contributed by atoms with Crippen LogP contribution in [0.5, 0.6) is 11.5 Å². The molecule has 0 fully saturated rings. The molecule has 0 radical (unpaired) electrons. The first-order valence-corrected chi connectivity index (χ1v) is 11.3. The van der Waals surface area contributed by atoms with Crippen LogP contribution < -0.4 is 9.47 Å². The van der Waals surface area contributed by atoms with Gasteiger partial charge in [-0.2, -0.15) is 0 Å². The number of aryl methyl sites for hydroxylation is 1. The first-order chi connectivity index (χ1) is 13.7. The minimum absolute atomic E-state index is 0.0660. The summed E-state index contributed by atoms with van der Waals surface area (Å²) < 4.78 is 17.8. The van der Waals surface area contributed by atoms with Crippen molar-refractivity contribution in [1.82, 2.24) is 0 Å². The SMILES string of the molecule is CCCCOc1cc2c(c(OCCCC)c1)C(=O)O[C@H](C)CCCCCCC2. The molecule has 4 heteroatoms. The van der Waals surface area contributed by atoms with Gasteiger partial charge in [-0.3, -0.25) is 0 Å². The van der Waals surface area contributed by atoms with E-state index in [2.05, 4.69) is 13.8 Å². The highest BCUT2D eigenvalue weighted by Gasteiger charge is 2.23. The monoisotopic (exact) mass is 390 g/mol. The van der Waals surface area contributed by atoms with Crippen molar-refractivity contribution in [3.63, 3.8) is 0 Å². The van der Waals surface area contributed by atoms with Crippen molar-refractivity contribution >= 4 is 5.97 Å². The van der Waals surface area contributed by atoms with Crippen LogP contribution >= 0.6 is 0 Å². The Morgan fingerprint density at radius 1 is 0.964 bits per heavy atom. The van der Waals surface area contributed by atoms with Gasteiger partial charge in [-0.25, -0.2) is 4.79 Å². The molecule has 0 N–H and O–H groups in total. The summed E-state index contributed by atoms with van der Waals surface area (Å²) in [5.74, 6) is 1.16. The average molecular weight is 391 g/mol. The summed E-state index contributed by atoms with van der Waals surface area (Å²) in [4.78, 5) is 13.0. The molecule has 158 valence electrons. The Morgan fingerprint density at radius 3 is 2.39 bits per heavy atom. The zero-order valence-corrected chi connectivity index (χ0v) is 18.1. The number of fused-ring (bicyclic) bond motifs is 1. The van der Waals surface area contributed by atoms with Gasteiger partial charge in [-0.1, -0.05) is 46.0 Å². The second kappa shape index (κ2) is 12.7. The van der Waals surface area contributed by atoms with Crippen molar-refractivity contribution in [1.29, 1.82) is 0 Å². The standard InChI is InChI=1S/C24H38O4/c1-4-6-15-26-21-17-20-14-12-10-8-9-11-13-19(3)28-24(25)23(20)22(18-21)27-16-7-5-2/h17-19H,4-16H2,1-3H3/t19-/m1/s1. The van der Waals surface area contributed by atoms with E-state index in [1.165, 1.54) is 19.3 Å². The van der Waals surface area contributed by atoms with Gasteiger partial charge in [-0.15, -0.1) is 0 Å². The van der Waals surface area contributed by atoms with Crippen molar-refractivity contribution in [2.75, 3.05) is 13.2 Å². The molecular formula is C24H38O4. The normalized spacial score (nSPS) is 18.4. The van der Waals surface area contributed by atoms with Gasteiger partial charge >= 0.3 is 5.97 Å². The lowest BCUT2D eigenvalue weighted by Gasteiger charge is -2.20. The minimum Gasteiger partial charge on any atom is -0.493 e. The molecule has 1 aromatic rings. The number of esters is 1. The summed E-state index contributed by atoms with van der Waals surface area (Å²) >= 11 is 0. The largest absolute Gasteiger partial charge is 0.493 e. The summed E-state index contributed by atoms with van der Waals surface area (Å²) in [6.07, 6.45) is 11.7. The van der Waals surface area contributed by atoms with Gasteiger partial charge in [0.05, 0.1) is 19.3 Å². The number of cyclic esters (lactones) is 1. The van der Waals surface area contributed by atoms with E-state index in [1.807, 2.05) is 19.1 Å². The highest BCUT2D eigenvalue weighted by atomic mass is 16.5. The highest BCUT2D eigenvalue weighted by molar-refractivity contribution is 5.94. The lowest BCUT2D eigenvalue weighted by Crippen LogP contribution is -2.18. The quantitative estimate of drug-likeness (QED) is 0.376. The number of ether oxygens (including phenoxy) is 3. The predicted molar refractivity (Wildman–Crippen MR) is 114 cm³/mol. The number of hydrogen-bond donors (Lipinski definition) is 0. The molecule has 0 unspecified atom stereocenters. The number of unbranched alkanes of at least 4 members (excludes halogenated alkanes) is 2. The van der Waals surface area contributed by atoms with Crippen LogP contribution in [-0.2, 0) is 11.2 Å². The van der Waals surface area contributed by atoms with Crippen LogP contribution in [0.25, 0.3) is 0 Å². The Labute approximate surface area is 170 Å². The summed E-state index contributed by atoms with van der Waals surface area (Å²) in [5.41, 5.74) is 1.60. The molecule has 1 aliphatic heterocycles. The number of hydrogen-bond acceptors (Lipinski definition) is 4. The molecule has 0 amide bonds. The van der Waals surface area contributed by atoms with Gasteiger partial charge in [0.1, 0.15) is 17.1 Å². The Hall–Kier alpha value is -1.71. The van der Waals surface area contributed by atoms with Gasteiger partial charge in [0.2, 0.25) is 0 Å². The number of rotatable bonds is 8. The molecule has 1 aromatic carbocycles. The fourth-order valence-corrected chi connectivity index (χ4v) is 3.51. The van der Waals surface area contributed by atoms with E-state index >= 15 is 0 Å². The molecule has 1 aliphatic rings. The zero-order chi connectivity index (χ0) is 20.2. The van der Waals surface area contributed by atoms with Crippen LogP contribution in [0.4, 0.5) is 0 Å². The molecule has 0 saturated heterocycles. The van der Waals surface area contributed by atoms with Crippen LogP contribution in [0.15, 0.2) is 12.1 Å². The van der Waals surface area contributed by atoms with Gasteiger partial charge in [0.25, 0.3) is 0 Å². The van der Waals surface area contributed by atoms with Crippen molar-refractivity contribution in [2.45, 2.75) is 97.5 Å². The lowest BCUT2D eigenvalue weighted by molar-refractivity contribution is 0.0313. The van der Waals surface area contributed by atoms with Crippen LogP contribution in [0, 0.1) is 0 Å². The maximum absolute atomic E-state index is 13.0. The maximum atomic E-state index is 13.0. The smallest absolute Gasteiger partial charge is 0.342 e. The molecule has 0 aliphatic carbocycles. The molecule has 0 aromatic heterocycles. The molecule has 2 rings (SSSR count). The van der Waals surface area contributed by atoms with E-state index in [-0.39, 0.29) is 12.1 Å². The lowest BCUT2D eigenvalue weighted by atomic mass is 9.98. The Morgan fingerprint density at radius 2 is 1.64 bits per heavy atom. The number of carbonyl (C=O) groups excluding carboxylic acids is 1.